The number of rotatable bonds is 5. The van der Waals surface area contributed by atoms with Gasteiger partial charge in [0.05, 0.1) is 11.5 Å². The van der Waals surface area contributed by atoms with Gasteiger partial charge >= 0.3 is 0 Å². The van der Waals surface area contributed by atoms with Crippen LogP contribution in [0.3, 0.4) is 0 Å². The predicted molar refractivity (Wildman–Crippen MR) is 96.0 cm³/mol. The predicted octanol–water partition coefficient (Wildman–Crippen LogP) is 2.30. The van der Waals surface area contributed by atoms with Crippen LogP contribution in [0.25, 0.3) is 0 Å². The minimum absolute atomic E-state index is 0.110. The Labute approximate surface area is 142 Å². The fraction of sp³-hybridized carbons (Fsp3) is 0.412. The third-order valence-electron chi connectivity index (χ3n) is 4.14. The molecule has 1 saturated heterocycles. The number of aryl methyl sites for hydroxylation is 2. The number of nitrogens with zero attached hydrogens (tertiary/aromatic N) is 2. The molecular weight excluding hydrogens is 324 g/mol. The van der Waals surface area contributed by atoms with Crippen molar-refractivity contribution in [2.24, 2.45) is 0 Å². The summed E-state index contributed by atoms with van der Waals surface area (Å²) in [5.41, 5.74) is 3.27. The van der Waals surface area contributed by atoms with Crippen molar-refractivity contribution >= 4 is 21.6 Å². The first kappa shape index (κ1) is 16.7. The fourth-order valence-corrected chi connectivity index (χ4v) is 4.48. The molecule has 0 radical (unpaired) electrons. The van der Waals surface area contributed by atoms with Crippen molar-refractivity contribution < 1.29 is 8.42 Å². The lowest BCUT2D eigenvalue weighted by Gasteiger charge is -2.13. The SMILES string of the molecule is Cc1cc(NCc2ccccc2C)nc(NC2CCS(=O)(=O)C2)n1. The minimum atomic E-state index is -2.92. The van der Waals surface area contributed by atoms with E-state index < -0.39 is 9.84 Å². The normalized spacial score (nSPS) is 19.2. The molecule has 128 valence electrons. The van der Waals surface area contributed by atoms with E-state index in [1.54, 1.807) is 0 Å². The van der Waals surface area contributed by atoms with Crippen LogP contribution in [-0.2, 0) is 16.4 Å². The molecule has 0 amide bonds. The summed E-state index contributed by atoms with van der Waals surface area (Å²) < 4.78 is 23.1. The molecule has 0 aliphatic carbocycles. The second-order valence-corrected chi connectivity index (χ2v) is 8.47. The Bertz CT molecular complexity index is 836. The van der Waals surface area contributed by atoms with Gasteiger partial charge in [0.2, 0.25) is 5.95 Å². The van der Waals surface area contributed by atoms with E-state index in [4.69, 9.17) is 0 Å². The zero-order valence-electron chi connectivity index (χ0n) is 13.9. The van der Waals surface area contributed by atoms with Crippen LogP contribution in [0.2, 0.25) is 0 Å². The molecule has 1 fully saturated rings. The summed E-state index contributed by atoms with van der Waals surface area (Å²) in [6, 6.07) is 9.97. The molecule has 0 saturated carbocycles. The highest BCUT2D eigenvalue weighted by Gasteiger charge is 2.28. The molecule has 0 spiro atoms. The van der Waals surface area contributed by atoms with Crippen LogP contribution in [0.4, 0.5) is 11.8 Å². The van der Waals surface area contributed by atoms with E-state index in [2.05, 4.69) is 39.7 Å². The molecule has 2 heterocycles. The van der Waals surface area contributed by atoms with E-state index >= 15 is 0 Å². The molecule has 2 aromatic rings. The average molecular weight is 346 g/mol. The molecule has 1 unspecified atom stereocenters. The molecule has 1 aliphatic rings. The first-order chi connectivity index (χ1) is 11.4. The van der Waals surface area contributed by atoms with Gasteiger partial charge in [-0.3, -0.25) is 0 Å². The summed E-state index contributed by atoms with van der Waals surface area (Å²) in [6.45, 7) is 4.66. The first-order valence-electron chi connectivity index (χ1n) is 8.02. The lowest BCUT2D eigenvalue weighted by atomic mass is 10.1. The molecule has 24 heavy (non-hydrogen) atoms. The van der Waals surface area contributed by atoms with Gasteiger partial charge in [0.15, 0.2) is 9.84 Å². The van der Waals surface area contributed by atoms with Gasteiger partial charge in [-0.25, -0.2) is 13.4 Å². The van der Waals surface area contributed by atoms with Crippen LogP contribution < -0.4 is 10.6 Å². The Morgan fingerprint density at radius 2 is 2.00 bits per heavy atom. The molecule has 2 N–H and O–H groups in total. The third-order valence-corrected chi connectivity index (χ3v) is 5.91. The zero-order valence-corrected chi connectivity index (χ0v) is 14.7. The number of anilines is 2. The maximum atomic E-state index is 11.6. The van der Waals surface area contributed by atoms with Crippen LogP contribution in [-0.4, -0.2) is 35.9 Å². The van der Waals surface area contributed by atoms with E-state index in [1.165, 1.54) is 11.1 Å². The van der Waals surface area contributed by atoms with E-state index in [0.717, 1.165) is 11.5 Å². The standard InChI is InChI=1S/C17H22N4O2S/c1-12-5-3-4-6-14(12)10-18-16-9-13(2)19-17(21-16)20-15-7-8-24(22,23)11-15/h3-6,9,15H,7-8,10-11H2,1-2H3,(H2,18,19,20,21). The minimum Gasteiger partial charge on any atom is -0.366 e. The van der Waals surface area contributed by atoms with Crippen LogP contribution in [0.15, 0.2) is 30.3 Å². The Hall–Kier alpha value is -2.15. The van der Waals surface area contributed by atoms with Gasteiger partial charge in [0.1, 0.15) is 5.82 Å². The highest BCUT2D eigenvalue weighted by atomic mass is 32.2. The smallest absolute Gasteiger partial charge is 0.225 e. The van der Waals surface area contributed by atoms with Gasteiger partial charge in [0.25, 0.3) is 0 Å². The largest absolute Gasteiger partial charge is 0.366 e. The van der Waals surface area contributed by atoms with Gasteiger partial charge < -0.3 is 10.6 Å². The Balaban J connectivity index is 1.69. The van der Waals surface area contributed by atoms with Crippen LogP contribution >= 0.6 is 0 Å². The molecular formula is C17H22N4O2S. The van der Waals surface area contributed by atoms with E-state index in [-0.39, 0.29) is 17.5 Å². The highest BCUT2D eigenvalue weighted by molar-refractivity contribution is 7.91. The van der Waals surface area contributed by atoms with E-state index in [9.17, 15) is 8.42 Å². The summed E-state index contributed by atoms with van der Waals surface area (Å²) in [4.78, 5) is 8.82. The average Bonchev–Trinajstić information content (AvgIpc) is 2.85. The molecule has 1 aliphatic heterocycles. The zero-order chi connectivity index (χ0) is 17.2. The number of benzene rings is 1. The molecule has 1 aromatic heterocycles. The number of nitrogens with one attached hydrogen (secondary N) is 2. The van der Waals surface area contributed by atoms with E-state index in [0.29, 0.717) is 18.9 Å². The first-order valence-corrected chi connectivity index (χ1v) is 9.84. The summed E-state index contributed by atoms with van der Waals surface area (Å²) in [7, 11) is -2.92. The molecule has 3 rings (SSSR count). The number of hydrogen-bond acceptors (Lipinski definition) is 6. The Kier molecular flexibility index (Phi) is 4.71. The van der Waals surface area contributed by atoms with Crippen LogP contribution in [0, 0.1) is 13.8 Å². The molecule has 6 nitrogen and oxygen atoms in total. The monoisotopic (exact) mass is 346 g/mol. The summed E-state index contributed by atoms with van der Waals surface area (Å²) in [6.07, 6.45) is 0.603. The van der Waals surface area contributed by atoms with Crippen LogP contribution in [0.1, 0.15) is 23.2 Å². The molecule has 7 heteroatoms. The van der Waals surface area contributed by atoms with Gasteiger partial charge in [-0.15, -0.1) is 0 Å². The van der Waals surface area contributed by atoms with Crippen molar-refractivity contribution in [1.29, 1.82) is 0 Å². The van der Waals surface area contributed by atoms with Crippen molar-refractivity contribution in [3.05, 3.63) is 47.2 Å². The van der Waals surface area contributed by atoms with Gasteiger partial charge in [-0.05, 0) is 31.4 Å². The van der Waals surface area contributed by atoms with Gasteiger partial charge in [-0.2, -0.15) is 4.98 Å². The Morgan fingerprint density at radius 1 is 1.21 bits per heavy atom. The fourth-order valence-electron chi connectivity index (χ4n) is 2.81. The number of hydrogen-bond donors (Lipinski definition) is 2. The molecule has 1 atom stereocenters. The lowest BCUT2D eigenvalue weighted by molar-refractivity contribution is 0.602. The third kappa shape index (κ3) is 4.23. The maximum Gasteiger partial charge on any atom is 0.225 e. The second kappa shape index (κ2) is 6.76. The van der Waals surface area contributed by atoms with E-state index in [1.807, 2.05) is 25.1 Å². The summed E-state index contributed by atoms with van der Waals surface area (Å²) >= 11 is 0. The molecule has 0 bridgehead atoms. The summed E-state index contributed by atoms with van der Waals surface area (Å²) in [5, 5.41) is 6.46. The topological polar surface area (TPSA) is 84.0 Å². The lowest BCUT2D eigenvalue weighted by Crippen LogP contribution is -2.22. The van der Waals surface area contributed by atoms with Crippen molar-refractivity contribution in [1.82, 2.24) is 9.97 Å². The second-order valence-electron chi connectivity index (χ2n) is 6.24. The van der Waals surface area contributed by atoms with Crippen molar-refractivity contribution in [3.8, 4) is 0 Å². The number of sulfone groups is 1. The summed E-state index contributed by atoms with van der Waals surface area (Å²) in [5.74, 6) is 1.59. The van der Waals surface area contributed by atoms with Gasteiger partial charge in [-0.1, -0.05) is 24.3 Å². The Morgan fingerprint density at radius 3 is 2.71 bits per heavy atom. The van der Waals surface area contributed by atoms with Crippen LogP contribution in [0.5, 0.6) is 0 Å². The molecule has 1 aromatic carbocycles. The maximum absolute atomic E-state index is 11.6. The van der Waals surface area contributed by atoms with Crippen molar-refractivity contribution in [2.45, 2.75) is 32.9 Å². The van der Waals surface area contributed by atoms with Crippen molar-refractivity contribution in [2.75, 3.05) is 22.1 Å². The number of aromatic nitrogens is 2. The quantitative estimate of drug-likeness (QED) is 0.864. The van der Waals surface area contributed by atoms with Crippen molar-refractivity contribution in [3.63, 3.8) is 0 Å². The van der Waals surface area contributed by atoms with Gasteiger partial charge in [0, 0.05) is 24.3 Å². The highest BCUT2D eigenvalue weighted by Crippen LogP contribution is 2.18.